The Balaban J connectivity index is 2.45. The number of ether oxygens (including phenoxy) is 1. The number of nitrogens with two attached hydrogens (primary N) is 1. The van der Waals surface area contributed by atoms with E-state index in [1.165, 1.54) is 0 Å². The van der Waals surface area contributed by atoms with Crippen LogP contribution in [0.25, 0.3) is 0 Å². The lowest BCUT2D eigenvalue weighted by Gasteiger charge is -2.37. The Morgan fingerprint density at radius 1 is 1.70 bits per heavy atom. The van der Waals surface area contributed by atoms with Crippen molar-refractivity contribution in [1.29, 1.82) is 0 Å². The van der Waals surface area contributed by atoms with Crippen molar-refractivity contribution in [1.82, 2.24) is 4.90 Å². The zero-order chi connectivity index (χ0) is 7.61. The fourth-order valence-electron chi connectivity index (χ4n) is 1.27. The molecule has 1 rings (SSSR count). The van der Waals surface area contributed by atoms with Gasteiger partial charge in [-0.3, -0.25) is 0 Å². The summed E-state index contributed by atoms with van der Waals surface area (Å²) < 4.78 is 5.52. The van der Waals surface area contributed by atoms with Gasteiger partial charge in [0.15, 0.2) is 0 Å². The van der Waals surface area contributed by atoms with Gasteiger partial charge in [-0.1, -0.05) is 0 Å². The van der Waals surface area contributed by atoms with Gasteiger partial charge in [0.1, 0.15) is 0 Å². The highest BCUT2D eigenvalue weighted by Gasteiger charge is 2.28. The van der Waals surface area contributed by atoms with E-state index in [1.54, 1.807) is 0 Å². The van der Waals surface area contributed by atoms with Gasteiger partial charge in [-0.2, -0.15) is 0 Å². The van der Waals surface area contributed by atoms with Crippen LogP contribution in [-0.2, 0) is 4.74 Å². The lowest BCUT2D eigenvalue weighted by atomic mass is 10.1. The van der Waals surface area contributed by atoms with Crippen molar-refractivity contribution < 1.29 is 4.74 Å². The molecule has 1 fully saturated rings. The first kappa shape index (κ1) is 7.98. The first-order valence-corrected chi connectivity index (χ1v) is 3.69. The van der Waals surface area contributed by atoms with Crippen LogP contribution in [-0.4, -0.2) is 43.8 Å². The highest BCUT2D eigenvalue weighted by atomic mass is 16.5. The third-order valence-electron chi connectivity index (χ3n) is 1.96. The van der Waals surface area contributed by atoms with Crippen molar-refractivity contribution in [3.05, 3.63) is 0 Å². The molecule has 3 nitrogen and oxygen atoms in total. The van der Waals surface area contributed by atoms with Crippen molar-refractivity contribution in [2.45, 2.75) is 12.5 Å². The fourth-order valence-corrected chi connectivity index (χ4v) is 1.27. The zero-order valence-corrected chi connectivity index (χ0v) is 6.76. The first-order chi connectivity index (χ1) is 4.66. The Bertz CT molecular complexity index is 118. The highest BCUT2D eigenvalue weighted by molar-refractivity contribution is 4.82. The molecule has 1 heterocycles. The van der Waals surface area contributed by atoms with Gasteiger partial charge in [0.25, 0.3) is 0 Å². The molecule has 0 aromatic carbocycles. The van der Waals surface area contributed by atoms with Crippen molar-refractivity contribution in [2.75, 3.05) is 33.3 Å². The van der Waals surface area contributed by atoms with Crippen LogP contribution in [0.2, 0.25) is 0 Å². The van der Waals surface area contributed by atoms with E-state index in [2.05, 4.69) is 18.9 Å². The maximum atomic E-state index is 5.55. The van der Waals surface area contributed by atoms with Gasteiger partial charge in [-0.25, -0.2) is 0 Å². The van der Waals surface area contributed by atoms with E-state index in [0.717, 1.165) is 19.7 Å². The highest BCUT2D eigenvalue weighted by Crippen LogP contribution is 2.13. The van der Waals surface area contributed by atoms with E-state index in [0.29, 0.717) is 6.54 Å². The number of rotatable bonds is 1. The molecule has 0 spiro atoms. The number of morpholine rings is 1. The van der Waals surface area contributed by atoms with Crippen molar-refractivity contribution in [3.8, 4) is 0 Å². The van der Waals surface area contributed by atoms with E-state index < -0.39 is 0 Å². The molecule has 0 bridgehead atoms. The molecule has 0 aromatic rings. The standard InChI is InChI=1S/C7H16N2O/c1-7(5-8)6-9(2)3-4-10-7/h3-6,8H2,1-2H3. The van der Waals surface area contributed by atoms with Crippen molar-refractivity contribution in [2.24, 2.45) is 5.73 Å². The number of nitrogens with zero attached hydrogens (tertiary/aromatic N) is 1. The molecule has 1 unspecified atom stereocenters. The first-order valence-electron chi connectivity index (χ1n) is 3.69. The molecule has 0 amide bonds. The predicted molar refractivity (Wildman–Crippen MR) is 40.9 cm³/mol. The summed E-state index contributed by atoms with van der Waals surface area (Å²) >= 11 is 0. The average molecular weight is 144 g/mol. The summed E-state index contributed by atoms with van der Waals surface area (Å²) in [6, 6.07) is 0. The molecule has 3 heteroatoms. The van der Waals surface area contributed by atoms with E-state index in [9.17, 15) is 0 Å². The van der Waals surface area contributed by atoms with Gasteiger partial charge in [-0.05, 0) is 14.0 Å². The molecule has 0 aliphatic carbocycles. The summed E-state index contributed by atoms with van der Waals surface area (Å²) in [6.07, 6.45) is 0. The SMILES string of the molecule is CN1CCOC(C)(CN)C1. The predicted octanol–water partition coefficient (Wildman–Crippen LogP) is -0.334. The Morgan fingerprint density at radius 2 is 2.40 bits per heavy atom. The minimum Gasteiger partial charge on any atom is -0.371 e. The second-order valence-corrected chi connectivity index (χ2v) is 3.24. The molecule has 60 valence electrons. The molecule has 0 aromatic heterocycles. The second-order valence-electron chi connectivity index (χ2n) is 3.24. The minimum atomic E-state index is -0.104. The van der Waals surface area contributed by atoms with Gasteiger partial charge >= 0.3 is 0 Å². The maximum absolute atomic E-state index is 5.55. The normalized spacial score (nSPS) is 36.3. The molecule has 10 heavy (non-hydrogen) atoms. The third kappa shape index (κ3) is 1.68. The maximum Gasteiger partial charge on any atom is 0.0902 e. The smallest absolute Gasteiger partial charge is 0.0902 e. The van der Waals surface area contributed by atoms with E-state index in [1.807, 2.05) is 0 Å². The molecule has 1 atom stereocenters. The van der Waals surface area contributed by atoms with Crippen LogP contribution in [0.3, 0.4) is 0 Å². The van der Waals surface area contributed by atoms with E-state index in [4.69, 9.17) is 10.5 Å². The second kappa shape index (κ2) is 2.86. The van der Waals surface area contributed by atoms with Crippen LogP contribution in [0.4, 0.5) is 0 Å². The number of likely N-dealkylation sites (N-methyl/N-ethyl adjacent to an activating group) is 1. The van der Waals surface area contributed by atoms with Gasteiger partial charge in [0.05, 0.1) is 12.2 Å². The topological polar surface area (TPSA) is 38.5 Å². The summed E-state index contributed by atoms with van der Waals surface area (Å²) in [6.45, 7) is 5.45. The number of hydrogen-bond acceptors (Lipinski definition) is 3. The Labute approximate surface area is 62.1 Å². The minimum absolute atomic E-state index is 0.104. The van der Waals surface area contributed by atoms with Gasteiger partial charge in [0, 0.05) is 19.6 Å². The number of hydrogen-bond donors (Lipinski definition) is 1. The van der Waals surface area contributed by atoms with Crippen LogP contribution in [0.1, 0.15) is 6.92 Å². The van der Waals surface area contributed by atoms with Crippen molar-refractivity contribution in [3.63, 3.8) is 0 Å². The van der Waals surface area contributed by atoms with Crippen LogP contribution in [0.5, 0.6) is 0 Å². The largest absolute Gasteiger partial charge is 0.371 e. The molecular weight excluding hydrogens is 128 g/mol. The third-order valence-corrected chi connectivity index (χ3v) is 1.96. The van der Waals surface area contributed by atoms with Crippen LogP contribution >= 0.6 is 0 Å². The fraction of sp³-hybridized carbons (Fsp3) is 1.00. The summed E-state index contributed by atoms with van der Waals surface area (Å²) in [5, 5.41) is 0. The summed E-state index contributed by atoms with van der Waals surface area (Å²) in [5.41, 5.74) is 5.44. The summed E-state index contributed by atoms with van der Waals surface area (Å²) in [7, 11) is 2.09. The molecule has 2 N–H and O–H groups in total. The van der Waals surface area contributed by atoms with Gasteiger partial charge < -0.3 is 15.4 Å². The summed E-state index contributed by atoms with van der Waals surface area (Å²) in [5.74, 6) is 0. The van der Waals surface area contributed by atoms with Crippen molar-refractivity contribution >= 4 is 0 Å². The van der Waals surface area contributed by atoms with Crippen LogP contribution in [0, 0.1) is 0 Å². The van der Waals surface area contributed by atoms with Gasteiger partial charge in [0.2, 0.25) is 0 Å². The molecule has 1 aliphatic rings. The monoisotopic (exact) mass is 144 g/mol. The molecule has 0 saturated carbocycles. The molecule has 1 aliphatic heterocycles. The quantitative estimate of drug-likeness (QED) is 0.547. The zero-order valence-electron chi connectivity index (χ0n) is 6.76. The van der Waals surface area contributed by atoms with Gasteiger partial charge in [-0.15, -0.1) is 0 Å². The van der Waals surface area contributed by atoms with E-state index >= 15 is 0 Å². The Hall–Kier alpha value is -0.120. The lowest BCUT2D eigenvalue weighted by molar-refractivity contribution is -0.0847. The Morgan fingerprint density at radius 3 is 2.80 bits per heavy atom. The average Bonchev–Trinajstić information content (AvgIpc) is 1.88. The Kier molecular flexibility index (Phi) is 2.28. The lowest BCUT2D eigenvalue weighted by Crippen LogP contribution is -2.52. The van der Waals surface area contributed by atoms with Crippen LogP contribution < -0.4 is 5.73 Å². The molecule has 0 radical (unpaired) electrons. The van der Waals surface area contributed by atoms with E-state index in [-0.39, 0.29) is 5.60 Å². The summed E-state index contributed by atoms with van der Waals surface area (Å²) in [4.78, 5) is 2.25. The molecule has 1 saturated heterocycles. The van der Waals surface area contributed by atoms with Crippen LogP contribution in [0.15, 0.2) is 0 Å². The molecular formula is C7H16N2O.